The van der Waals surface area contributed by atoms with E-state index in [-0.39, 0.29) is 0 Å². The van der Waals surface area contributed by atoms with Gasteiger partial charge in [0.1, 0.15) is 0 Å². The summed E-state index contributed by atoms with van der Waals surface area (Å²) in [4.78, 5) is 20.6. The summed E-state index contributed by atoms with van der Waals surface area (Å²) in [6, 6.07) is 13.0. The summed E-state index contributed by atoms with van der Waals surface area (Å²) in [5.74, 6) is -0.405. The maximum atomic E-state index is 11.7. The Morgan fingerprint density at radius 2 is 1.93 bits per heavy atom. The normalized spacial score (nSPS) is 10.9. The van der Waals surface area contributed by atoms with Crippen molar-refractivity contribution in [2.75, 3.05) is 7.11 Å². The topological polar surface area (TPSA) is 69.9 Å². The molecule has 3 aromatic heterocycles. The number of pyridine rings is 2. The van der Waals surface area contributed by atoms with Gasteiger partial charge in [-0.25, -0.2) is 4.79 Å². The van der Waals surface area contributed by atoms with Gasteiger partial charge in [0, 0.05) is 23.2 Å². The zero-order valence-electron chi connectivity index (χ0n) is 15.2. The quantitative estimate of drug-likeness (QED) is 0.476. The summed E-state index contributed by atoms with van der Waals surface area (Å²) in [5, 5.41) is 6.19. The van der Waals surface area contributed by atoms with Crippen LogP contribution in [-0.4, -0.2) is 32.8 Å². The van der Waals surface area contributed by atoms with E-state index in [0.29, 0.717) is 23.5 Å². The van der Waals surface area contributed by atoms with Gasteiger partial charge in [-0.3, -0.25) is 14.6 Å². The molecule has 0 N–H and O–H groups in total. The average molecular weight is 393 g/mol. The van der Waals surface area contributed by atoms with Crippen LogP contribution in [0, 0.1) is 0 Å². The molecule has 0 aliphatic carbocycles. The van der Waals surface area contributed by atoms with Crippen LogP contribution in [-0.2, 0) is 17.7 Å². The molecule has 3 heterocycles. The third-order valence-corrected chi connectivity index (χ3v) is 4.89. The zero-order chi connectivity index (χ0) is 19.5. The third kappa shape index (κ3) is 3.59. The molecule has 1 aromatic carbocycles. The van der Waals surface area contributed by atoms with Crippen LogP contribution >= 0.6 is 11.6 Å². The lowest BCUT2D eigenvalue weighted by molar-refractivity contribution is 0.0600. The summed E-state index contributed by atoms with van der Waals surface area (Å²) in [6.07, 6.45) is 5.93. The third-order valence-electron chi connectivity index (χ3n) is 4.52. The summed E-state index contributed by atoms with van der Waals surface area (Å²) in [5.41, 5.74) is 3.73. The zero-order valence-corrected chi connectivity index (χ0v) is 15.9. The number of hydrogen-bond acceptors (Lipinski definition) is 5. The molecule has 4 rings (SSSR count). The number of ether oxygens (including phenoxy) is 1. The second-order valence-corrected chi connectivity index (χ2v) is 6.67. The maximum Gasteiger partial charge on any atom is 0.337 e. The SMILES string of the molecule is COC(=O)c1ccnc(-c2cc3cnn(CCc4ccccc4Cl)c3cn2)c1. The van der Waals surface area contributed by atoms with E-state index >= 15 is 0 Å². The van der Waals surface area contributed by atoms with E-state index in [2.05, 4.69) is 15.1 Å². The molecule has 0 fully saturated rings. The van der Waals surface area contributed by atoms with Gasteiger partial charge in [0.2, 0.25) is 0 Å². The lowest BCUT2D eigenvalue weighted by Gasteiger charge is -2.06. The highest BCUT2D eigenvalue weighted by atomic mass is 35.5. The summed E-state index contributed by atoms with van der Waals surface area (Å²) in [7, 11) is 1.35. The molecule has 0 saturated carbocycles. The van der Waals surface area contributed by atoms with Crippen LogP contribution in [0.2, 0.25) is 5.02 Å². The van der Waals surface area contributed by atoms with Gasteiger partial charge in [-0.2, -0.15) is 5.10 Å². The predicted octanol–water partition coefficient (Wildman–Crippen LogP) is 4.18. The minimum Gasteiger partial charge on any atom is -0.465 e. The van der Waals surface area contributed by atoms with E-state index in [9.17, 15) is 4.79 Å². The van der Waals surface area contributed by atoms with Gasteiger partial charge in [-0.15, -0.1) is 0 Å². The van der Waals surface area contributed by atoms with Crippen molar-refractivity contribution in [1.82, 2.24) is 19.7 Å². The molecule has 28 heavy (non-hydrogen) atoms. The van der Waals surface area contributed by atoms with Gasteiger partial charge in [-0.1, -0.05) is 29.8 Å². The number of esters is 1. The fraction of sp³-hybridized carbons (Fsp3) is 0.143. The number of fused-ring (bicyclic) bond motifs is 1. The Morgan fingerprint density at radius 1 is 1.11 bits per heavy atom. The summed E-state index contributed by atoms with van der Waals surface area (Å²) < 4.78 is 6.67. The van der Waals surface area contributed by atoms with Gasteiger partial charge >= 0.3 is 5.97 Å². The first kappa shape index (κ1) is 18.1. The van der Waals surface area contributed by atoms with Crippen molar-refractivity contribution in [1.29, 1.82) is 0 Å². The fourth-order valence-corrected chi connectivity index (χ4v) is 3.27. The van der Waals surface area contributed by atoms with Crippen molar-refractivity contribution in [3.05, 3.63) is 77.2 Å². The Morgan fingerprint density at radius 3 is 2.75 bits per heavy atom. The van der Waals surface area contributed by atoms with Crippen molar-refractivity contribution in [3.8, 4) is 11.4 Å². The average Bonchev–Trinajstić information content (AvgIpc) is 3.15. The molecule has 0 saturated heterocycles. The first-order chi connectivity index (χ1) is 13.7. The molecule has 6 nitrogen and oxygen atoms in total. The molecule has 7 heteroatoms. The van der Waals surface area contributed by atoms with E-state index in [0.717, 1.165) is 27.9 Å². The summed E-state index contributed by atoms with van der Waals surface area (Å²) >= 11 is 6.23. The molecule has 0 bridgehead atoms. The van der Waals surface area contributed by atoms with Crippen molar-refractivity contribution >= 4 is 28.5 Å². The number of benzene rings is 1. The molecule has 0 aliphatic rings. The van der Waals surface area contributed by atoms with E-state index in [1.54, 1.807) is 30.7 Å². The molecule has 0 aliphatic heterocycles. The van der Waals surface area contributed by atoms with Crippen molar-refractivity contribution in [3.63, 3.8) is 0 Å². The number of hydrogen-bond donors (Lipinski definition) is 0. The standard InChI is InChI=1S/C21H17ClN4O2/c1-28-21(27)15-6-8-23-18(10-15)19-11-16-12-25-26(20(16)13-24-19)9-7-14-4-2-3-5-17(14)22/h2-6,8,10-13H,7,9H2,1H3. The van der Waals surface area contributed by atoms with Crippen molar-refractivity contribution in [2.45, 2.75) is 13.0 Å². The minimum absolute atomic E-state index is 0.405. The molecule has 4 aromatic rings. The highest BCUT2D eigenvalue weighted by Gasteiger charge is 2.11. The van der Waals surface area contributed by atoms with Gasteiger partial charge in [0.05, 0.1) is 42.0 Å². The van der Waals surface area contributed by atoms with Gasteiger partial charge in [0.25, 0.3) is 0 Å². The number of rotatable bonds is 5. The number of aryl methyl sites for hydroxylation is 2. The second-order valence-electron chi connectivity index (χ2n) is 6.26. The lowest BCUT2D eigenvalue weighted by Crippen LogP contribution is -2.04. The van der Waals surface area contributed by atoms with E-state index in [1.807, 2.05) is 35.0 Å². The molecule has 0 atom stereocenters. The number of methoxy groups -OCH3 is 1. The summed E-state index contributed by atoms with van der Waals surface area (Å²) in [6.45, 7) is 0.699. The van der Waals surface area contributed by atoms with E-state index in [4.69, 9.17) is 16.3 Å². The van der Waals surface area contributed by atoms with Crippen LogP contribution in [0.3, 0.4) is 0 Å². The molecular formula is C21H17ClN4O2. The number of aromatic nitrogens is 4. The first-order valence-electron chi connectivity index (χ1n) is 8.75. The number of carbonyl (C=O) groups is 1. The number of carbonyl (C=O) groups excluding carboxylic acids is 1. The molecular weight excluding hydrogens is 376 g/mol. The van der Waals surface area contributed by atoms with Crippen LogP contribution in [0.25, 0.3) is 22.3 Å². The second kappa shape index (κ2) is 7.78. The van der Waals surface area contributed by atoms with Gasteiger partial charge in [0.15, 0.2) is 0 Å². The van der Waals surface area contributed by atoms with Gasteiger partial charge < -0.3 is 4.74 Å². The van der Waals surface area contributed by atoms with Crippen LogP contribution in [0.1, 0.15) is 15.9 Å². The van der Waals surface area contributed by atoms with Crippen LogP contribution in [0.5, 0.6) is 0 Å². The van der Waals surface area contributed by atoms with Crippen molar-refractivity contribution < 1.29 is 9.53 Å². The van der Waals surface area contributed by atoms with E-state index in [1.165, 1.54) is 7.11 Å². The van der Waals surface area contributed by atoms with Gasteiger partial charge in [-0.05, 0) is 36.2 Å². The molecule has 0 unspecified atom stereocenters. The number of halogens is 1. The Labute approximate surface area is 166 Å². The molecule has 0 radical (unpaired) electrons. The Bertz CT molecular complexity index is 1160. The maximum absolute atomic E-state index is 11.7. The monoisotopic (exact) mass is 392 g/mol. The van der Waals surface area contributed by atoms with Crippen LogP contribution < -0.4 is 0 Å². The van der Waals surface area contributed by atoms with Crippen LogP contribution in [0.4, 0.5) is 0 Å². The Kier molecular flexibility index (Phi) is 5.04. The van der Waals surface area contributed by atoms with E-state index < -0.39 is 5.97 Å². The largest absolute Gasteiger partial charge is 0.465 e. The minimum atomic E-state index is -0.405. The smallest absolute Gasteiger partial charge is 0.337 e. The molecule has 0 amide bonds. The highest BCUT2D eigenvalue weighted by Crippen LogP contribution is 2.22. The Hall–Kier alpha value is -3.25. The molecule has 140 valence electrons. The first-order valence-corrected chi connectivity index (χ1v) is 9.13. The molecule has 0 spiro atoms. The lowest BCUT2D eigenvalue weighted by atomic mass is 10.1. The van der Waals surface area contributed by atoms with Crippen molar-refractivity contribution in [2.24, 2.45) is 0 Å². The fourth-order valence-electron chi connectivity index (χ4n) is 3.04. The number of nitrogens with zero attached hydrogens (tertiary/aromatic N) is 4. The highest BCUT2D eigenvalue weighted by molar-refractivity contribution is 6.31. The van der Waals surface area contributed by atoms with Crippen LogP contribution in [0.15, 0.2) is 61.1 Å². The Balaban J connectivity index is 1.60. The predicted molar refractivity (Wildman–Crippen MR) is 107 cm³/mol.